The van der Waals surface area contributed by atoms with E-state index in [-0.39, 0.29) is 16.6 Å². The number of esters is 1. The SMILES string of the molecule is C=CC(=O)OC(C)(C)COC(C)(C)CC(CC)(CC(C)(C)OCC)CC(C)(C)OCC. The third-order valence-corrected chi connectivity index (χ3v) is 5.58. The highest BCUT2D eigenvalue weighted by atomic mass is 16.6. The fraction of sp³-hybridized carbons (Fsp3) is 0.885. The molecule has 0 fully saturated rings. The predicted molar refractivity (Wildman–Crippen MR) is 128 cm³/mol. The molecule has 0 aromatic heterocycles. The summed E-state index contributed by atoms with van der Waals surface area (Å²) >= 11 is 0. The molecule has 0 rings (SSSR count). The first-order valence-corrected chi connectivity index (χ1v) is 11.7. The Morgan fingerprint density at radius 1 is 0.710 bits per heavy atom. The summed E-state index contributed by atoms with van der Waals surface area (Å²) in [6, 6.07) is 0. The van der Waals surface area contributed by atoms with Crippen molar-refractivity contribution in [1.82, 2.24) is 0 Å². The molecule has 0 N–H and O–H groups in total. The third-order valence-electron chi connectivity index (χ3n) is 5.58. The molecule has 0 atom stereocenters. The molecule has 5 heteroatoms. The van der Waals surface area contributed by atoms with Crippen molar-refractivity contribution >= 4 is 5.97 Å². The van der Waals surface area contributed by atoms with E-state index >= 15 is 0 Å². The maximum Gasteiger partial charge on any atom is 0.330 e. The van der Waals surface area contributed by atoms with Gasteiger partial charge in [-0.1, -0.05) is 19.9 Å². The van der Waals surface area contributed by atoms with E-state index in [2.05, 4.69) is 55.0 Å². The molecule has 0 heterocycles. The van der Waals surface area contributed by atoms with Crippen LogP contribution in [0.25, 0.3) is 0 Å². The molecule has 0 aliphatic heterocycles. The molecule has 0 aromatic rings. The first kappa shape index (κ1) is 30.1. The van der Waals surface area contributed by atoms with Crippen LogP contribution in [0, 0.1) is 5.41 Å². The summed E-state index contributed by atoms with van der Waals surface area (Å²) in [5.41, 5.74) is -1.68. The molecule has 0 aliphatic rings. The van der Waals surface area contributed by atoms with Gasteiger partial charge in [0.15, 0.2) is 0 Å². The Kier molecular flexibility index (Phi) is 11.5. The lowest BCUT2D eigenvalue weighted by Gasteiger charge is -2.47. The van der Waals surface area contributed by atoms with Gasteiger partial charge >= 0.3 is 5.97 Å². The smallest absolute Gasteiger partial charge is 0.330 e. The Labute approximate surface area is 192 Å². The Morgan fingerprint density at radius 3 is 1.42 bits per heavy atom. The lowest BCUT2D eigenvalue weighted by Crippen LogP contribution is -2.46. The average molecular weight is 443 g/mol. The van der Waals surface area contributed by atoms with Crippen molar-refractivity contribution in [2.75, 3.05) is 19.8 Å². The van der Waals surface area contributed by atoms with Gasteiger partial charge in [0, 0.05) is 19.3 Å². The number of carbonyl (C=O) groups is 1. The van der Waals surface area contributed by atoms with Crippen LogP contribution in [-0.2, 0) is 23.7 Å². The van der Waals surface area contributed by atoms with Crippen LogP contribution in [0.2, 0.25) is 0 Å². The fourth-order valence-corrected chi connectivity index (χ4v) is 4.92. The lowest BCUT2D eigenvalue weighted by atomic mass is 9.65. The summed E-state index contributed by atoms with van der Waals surface area (Å²) in [5, 5.41) is 0. The van der Waals surface area contributed by atoms with E-state index in [0.717, 1.165) is 25.7 Å². The van der Waals surface area contributed by atoms with Crippen LogP contribution in [0.5, 0.6) is 0 Å². The van der Waals surface area contributed by atoms with Gasteiger partial charge in [0.1, 0.15) is 5.60 Å². The minimum Gasteiger partial charge on any atom is -0.454 e. The Hall–Kier alpha value is -0.910. The fourth-order valence-electron chi connectivity index (χ4n) is 4.92. The van der Waals surface area contributed by atoms with E-state index in [1.807, 2.05) is 27.7 Å². The van der Waals surface area contributed by atoms with Crippen LogP contribution < -0.4 is 0 Å². The second kappa shape index (κ2) is 11.8. The molecule has 0 saturated heterocycles. The van der Waals surface area contributed by atoms with Crippen molar-refractivity contribution in [2.24, 2.45) is 5.41 Å². The van der Waals surface area contributed by atoms with Crippen LogP contribution in [0.3, 0.4) is 0 Å². The molecule has 184 valence electrons. The van der Waals surface area contributed by atoms with E-state index in [0.29, 0.717) is 19.8 Å². The molecule has 0 saturated carbocycles. The van der Waals surface area contributed by atoms with Gasteiger partial charge in [-0.3, -0.25) is 0 Å². The third kappa shape index (κ3) is 12.1. The molecule has 0 radical (unpaired) electrons. The topological polar surface area (TPSA) is 54.0 Å². The first-order valence-electron chi connectivity index (χ1n) is 11.7. The number of ether oxygens (including phenoxy) is 4. The average Bonchev–Trinajstić information content (AvgIpc) is 2.58. The Balaban J connectivity index is 5.69. The predicted octanol–water partition coefficient (Wildman–Crippen LogP) is 6.49. The molecule has 5 nitrogen and oxygen atoms in total. The van der Waals surface area contributed by atoms with Gasteiger partial charge in [-0.2, -0.15) is 0 Å². The number of hydrogen-bond donors (Lipinski definition) is 0. The summed E-state index contributed by atoms with van der Waals surface area (Å²) in [6.45, 7) is 28.1. The molecule has 0 spiro atoms. The molecule has 0 amide bonds. The summed E-state index contributed by atoms with van der Waals surface area (Å²) in [4.78, 5) is 11.6. The van der Waals surface area contributed by atoms with Gasteiger partial charge < -0.3 is 18.9 Å². The van der Waals surface area contributed by atoms with Gasteiger partial charge in [-0.05, 0) is 93.9 Å². The molecule has 0 aliphatic carbocycles. The summed E-state index contributed by atoms with van der Waals surface area (Å²) in [6.07, 6.45) is 4.82. The highest BCUT2D eigenvalue weighted by Gasteiger charge is 2.44. The highest BCUT2D eigenvalue weighted by Crippen LogP contribution is 2.47. The zero-order chi connectivity index (χ0) is 24.6. The lowest BCUT2D eigenvalue weighted by molar-refractivity contribution is -0.168. The zero-order valence-corrected chi connectivity index (χ0v) is 22.3. The van der Waals surface area contributed by atoms with Crippen LogP contribution in [0.15, 0.2) is 12.7 Å². The summed E-state index contributed by atoms with van der Waals surface area (Å²) in [7, 11) is 0. The molecule has 0 bridgehead atoms. The second-order valence-electron chi connectivity index (χ2n) is 11.2. The zero-order valence-electron chi connectivity index (χ0n) is 22.3. The minimum absolute atomic E-state index is 0.0389. The quantitative estimate of drug-likeness (QED) is 0.202. The van der Waals surface area contributed by atoms with Crippen molar-refractivity contribution in [3.63, 3.8) is 0 Å². The number of carbonyl (C=O) groups excluding carboxylic acids is 1. The van der Waals surface area contributed by atoms with Crippen molar-refractivity contribution in [2.45, 2.75) is 124 Å². The summed E-state index contributed by atoms with van der Waals surface area (Å²) < 4.78 is 24.0. The van der Waals surface area contributed by atoms with Gasteiger partial charge in [0.05, 0.1) is 23.4 Å². The highest BCUT2D eigenvalue weighted by molar-refractivity contribution is 5.81. The Morgan fingerprint density at radius 2 is 1.10 bits per heavy atom. The van der Waals surface area contributed by atoms with Crippen molar-refractivity contribution in [1.29, 1.82) is 0 Å². The maximum absolute atomic E-state index is 11.6. The van der Waals surface area contributed by atoms with Gasteiger partial charge in [0.25, 0.3) is 0 Å². The van der Waals surface area contributed by atoms with Crippen LogP contribution in [0.4, 0.5) is 0 Å². The van der Waals surface area contributed by atoms with Crippen molar-refractivity contribution < 1.29 is 23.7 Å². The Bertz CT molecular complexity index is 540. The number of rotatable bonds is 16. The van der Waals surface area contributed by atoms with E-state index in [1.54, 1.807) is 0 Å². The van der Waals surface area contributed by atoms with E-state index in [9.17, 15) is 4.79 Å². The first-order chi connectivity index (χ1) is 14.0. The van der Waals surface area contributed by atoms with Gasteiger partial charge in [-0.15, -0.1) is 0 Å². The van der Waals surface area contributed by atoms with Crippen LogP contribution in [-0.4, -0.2) is 48.2 Å². The molecule has 0 aromatic carbocycles. The van der Waals surface area contributed by atoms with Crippen molar-refractivity contribution in [3.8, 4) is 0 Å². The van der Waals surface area contributed by atoms with E-state index in [1.165, 1.54) is 6.08 Å². The summed E-state index contributed by atoms with van der Waals surface area (Å²) in [5.74, 6) is -0.439. The van der Waals surface area contributed by atoms with Crippen molar-refractivity contribution in [3.05, 3.63) is 12.7 Å². The largest absolute Gasteiger partial charge is 0.454 e. The second-order valence-corrected chi connectivity index (χ2v) is 11.2. The maximum atomic E-state index is 11.6. The van der Waals surface area contributed by atoms with Crippen LogP contribution >= 0.6 is 0 Å². The minimum atomic E-state index is -0.730. The van der Waals surface area contributed by atoms with E-state index in [4.69, 9.17) is 18.9 Å². The molecular formula is C26H50O5. The molecule has 0 unspecified atom stereocenters. The van der Waals surface area contributed by atoms with Crippen LogP contribution in [0.1, 0.15) is 102 Å². The van der Waals surface area contributed by atoms with E-state index < -0.39 is 17.2 Å². The molecule has 31 heavy (non-hydrogen) atoms. The van der Waals surface area contributed by atoms with Gasteiger partial charge in [-0.25, -0.2) is 4.79 Å². The molecular weight excluding hydrogens is 392 g/mol. The monoisotopic (exact) mass is 442 g/mol. The number of hydrogen-bond acceptors (Lipinski definition) is 5. The normalized spacial score (nSPS) is 13.9. The standard InChI is InChI=1S/C26H50O5/c1-13-21(27)31-25(11,12)20-30-24(9,10)19-26(14-2,17-22(5,6)28-15-3)18-23(7,8)29-16-4/h13H,1,14-20H2,2-12H3. The van der Waals surface area contributed by atoms with Gasteiger partial charge in [0.2, 0.25) is 0 Å².